The Kier molecular flexibility index (Phi) is 4.98. The zero-order valence-corrected chi connectivity index (χ0v) is 12.9. The average Bonchev–Trinajstić information content (AvgIpc) is 2.19. The molecule has 1 aromatic rings. The van der Waals surface area contributed by atoms with E-state index in [1.807, 2.05) is 0 Å². The molecule has 1 nitrogen and oxygen atoms in total. The van der Waals surface area contributed by atoms with Crippen LogP contribution in [0, 0.1) is 25.7 Å². The van der Waals surface area contributed by atoms with Crippen LogP contribution in [-0.4, -0.2) is 0 Å². The Hall–Kier alpha value is -0.820. The lowest BCUT2D eigenvalue weighted by atomic mass is 9.81. The lowest BCUT2D eigenvalue weighted by Crippen LogP contribution is -2.35. The summed E-state index contributed by atoms with van der Waals surface area (Å²) in [5, 5.41) is 0. The Labute approximate surface area is 113 Å². The molecule has 1 heteroatoms. The van der Waals surface area contributed by atoms with Gasteiger partial charge < -0.3 is 5.73 Å². The van der Waals surface area contributed by atoms with E-state index in [2.05, 4.69) is 59.7 Å². The van der Waals surface area contributed by atoms with E-state index in [1.54, 1.807) is 0 Å². The molecule has 0 saturated heterocycles. The Morgan fingerprint density at radius 1 is 1.11 bits per heavy atom. The highest BCUT2D eigenvalue weighted by Crippen LogP contribution is 2.29. The minimum atomic E-state index is -0.216. The van der Waals surface area contributed by atoms with Gasteiger partial charge in [-0.05, 0) is 62.1 Å². The summed E-state index contributed by atoms with van der Waals surface area (Å²) in [5.74, 6) is 1.41. The molecule has 18 heavy (non-hydrogen) atoms. The lowest BCUT2D eigenvalue weighted by molar-refractivity contribution is 0.320. The second-order valence-corrected chi connectivity index (χ2v) is 6.66. The molecule has 0 spiro atoms. The van der Waals surface area contributed by atoms with Crippen molar-refractivity contribution in [3.8, 4) is 0 Å². The third-order valence-electron chi connectivity index (χ3n) is 3.81. The second-order valence-electron chi connectivity index (χ2n) is 6.66. The summed E-state index contributed by atoms with van der Waals surface area (Å²) in [6, 6.07) is 6.62. The summed E-state index contributed by atoms with van der Waals surface area (Å²) in [5.41, 5.74) is 10.3. The van der Waals surface area contributed by atoms with Crippen LogP contribution >= 0.6 is 0 Å². The molecule has 0 aromatic heterocycles. The fraction of sp³-hybridized carbons (Fsp3) is 0.647. The smallest absolute Gasteiger partial charge is 0.0383 e. The third kappa shape index (κ3) is 4.13. The quantitative estimate of drug-likeness (QED) is 0.811. The molecule has 2 N–H and O–H groups in total. The van der Waals surface area contributed by atoms with Gasteiger partial charge in [0, 0.05) is 5.54 Å². The topological polar surface area (TPSA) is 26.0 Å². The highest BCUT2D eigenvalue weighted by atomic mass is 14.7. The van der Waals surface area contributed by atoms with Crippen molar-refractivity contribution in [3.63, 3.8) is 0 Å². The molecule has 0 heterocycles. The molecule has 2 unspecified atom stereocenters. The molecule has 2 atom stereocenters. The first-order chi connectivity index (χ1) is 8.22. The normalized spacial score (nSPS) is 16.7. The van der Waals surface area contributed by atoms with Gasteiger partial charge in [0.1, 0.15) is 0 Å². The maximum Gasteiger partial charge on any atom is 0.0383 e. The van der Waals surface area contributed by atoms with Gasteiger partial charge in [0.15, 0.2) is 0 Å². The van der Waals surface area contributed by atoms with Crippen molar-refractivity contribution in [3.05, 3.63) is 34.9 Å². The molecule has 0 fully saturated rings. The number of hydrogen-bond donors (Lipinski definition) is 1. The Morgan fingerprint density at radius 2 is 1.72 bits per heavy atom. The highest BCUT2D eigenvalue weighted by Gasteiger charge is 2.24. The van der Waals surface area contributed by atoms with Crippen molar-refractivity contribution in [2.45, 2.75) is 59.9 Å². The SMILES string of the molecule is Cc1ccc(C(C)(N)CC(C)CC(C)C)cc1C. The van der Waals surface area contributed by atoms with Crippen LogP contribution in [0.3, 0.4) is 0 Å². The number of rotatable bonds is 5. The van der Waals surface area contributed by atoms with E-state index in [-0.39, 0.29) is 5.54 Å². The first-order valence-corrected chi connectivity index (χ1v) is 7.09. The van der Waals surface area contributed by atoms with E-state index in [0.29, 0.717) is 5.92 Å². The molecule has 0 aliphatic rings. The highest BCUT2D eigenvalue weighted by molar-refractivity contribution is 5.33. The first-order valence-electron chi connectivity index (χ1n) is 7.09. The summed E-state index contributed by atoms with van der Waals surface area (Å²) >= 11 is 0. The fourth-order valence-corrected chi connectivity index (χ4v) is 2.83. The van der Waals surface area contributed by atoms with Crippen molar-refractivity contribution < 1.29 is 0 Å². The molecular weight excluding hydrogens is 218 g/mol. The van der Waals surface area contributed by atoms with E-state index in [1.165, 1.54) is 23.1 Å². The molecule has 0 saturated carbocycles. The van der Waals surface area contributed by atoms with Crippen molar-refractivity contribution in [2.75, 3.05) is 0 Å². The average molecular weight is 247 g/mol. The van der Waals surface area contributed by atoms with Gasteiger partial charge in [0.05, 0.1) is 0 Å². The van der Waals surface area contributed by atoms with Gasteiger partial charge >= 0.3 is 0 Å². The van der Waals surface area contributed by atoms with Crippen LogP contribution in [0.25, 0.3) is 0 Å². The van der Waals surface area contributed by atoms with E-state index >= 15 is 0 Å². The number of aryl methyl sites for hydroxylation is 2. The first kappa shape index (κ1) is 15.2. The van der Waals surface area contributed by atoms with Crippen molar-refractivity contribution in [1.29, 1.82) is 0 Å². The van der Waals surface area contributed by atoms with Crippen LogP contribution in [0.4, 0.5) is 0 Å². The Balaban J connectivity index is 2.81. The summed E-state index contributed by atoms with van der Waals surface area (Å²) in [7, 11) is 0. The van der Waals surface area contributed by atoms with Gasteiger partial charge in [-0.3, -0.25) is 0 Å². The minimum Gasteiger partial charge on any atom is -0.322 e. The van der Waals surface area contributed by atoms with Crippen LogP contribution < -0.4 is 5.73 Å². The zero-order valence-electron chi connectivity index (χ0n) is 12.9. The summed E-state index contributed by atoms with van der Waals surface area (Å²) in [6.07, 6.45) is 2.30. The molecule has 1 aromatic carbocycles. The Morgan fingerprint density at radius 3 is 2.22 bits per heavy atom. The molecule has 0 aliphatic carbocycles. The summed E-state index contributed by atoms with van der Waals surface area (Å²) < 4.78 is 0. The van der Waals surface area contributed by atoms with Crippen LogP contribution in [0.15, 0.2) is 18.2 Å². The summed E-state index contributed by atoms with van der Waals surface area (Å²) in [4.78, 5) is 0. The molecule has 1 rings (SSSR count). The monoisotopic (exact) mass is 247 g/mol. The third-order valence-corrected chi connectivity index (χ3v) is 3.81. The number of benzene rings is 1. The van der Waals surface area contributed by atoms with Crippen molar-refractivity contribution in [1.82, 2.24) is 0 Å². The van der Waals surface area contributed by atoms with Crippen LogP contribution in [0.5, 0.6) is 0 Å². The largest absolute Gasteiger partial charge is 0.322 e. The van der Waals surface area contributed by atoms with Gasteiger partial charge in [-0.15, -0.1) is 0 Å². The molecule has 0 bridgehead atoms. The molecular formula is C17H29N. The molecule has 0 amide bonds. The molecule has 0 radical (unpaired) electrons. The van der Waals surface area contributed by atoms with Crippen molar-refractivity contribution >= 4 is 0 Å². The summed E-state index contributed by atoms with van der Waals surface area (Å²) in [6.45, 7) is 13.3. The van der Waals surface area contributed by atoms with Gasteiger partial charge in [-0.1, -0.05) is 39.0 Å². The van der Waals surface area contributed by atoms with E-state index < -0.39 is 0 Å². The van der Waals surface area contributed by atoms with Gasteiger partial charge in [0.25, 0.3) is 0 Å². The van der Waals surface area contributed by atoms with Crippen molar-refractivity contribution in [2.24, 2.45) is 17.6 Å². The predicted molar refractivity (Wildman–Crippen MR) is 80.7 cm³/mol. The predicted octanol–water partition coefficient (Wildman–Crippen LogP) is 4.55. The Bertz CT molecular complexity index is 391. The maximum atomic E-state index is 6.53. The van der Waals surface area contributed by atoms with E-state index in [0.717, 1.165) is 12.3 Å². The molecule has 102 valence electrons. The maximum absolute atomic E-state index is 6.53. The zero-order chi connectivity index (χ0) is 13.9. The number of hydrogen-bond acceptors (Lipinski definition) is 1. The van der Waals surface area contributed by atoms with E-state index in [4.69, 9.17) is 5.73 Å². The van der Waals surface area contributed by atoms with E-state index in [9.17, 15) is 0 Å². The van der Waals surface area contributed by atoms with Crippen LogP contribution in [0.2, 0.25) is 0 Å². The lowest BCUT2D eigenvalue weighted by Gasteiger charge is -2.30. The van der Waals surface area contributed by atoms with Crippen LogP contribution in [-0.2, 0) is 5.54 Å². The number of nitrogens with two attached hydrogens (primary N) is 1. The fourth-order valence-electron chi connectivity index (χ4n) is 2.83. The second kappa shape index (κ2) is 5.88. The van der Waals surface area contributed by atoms with Gasteiger partial charge in [-0.2, -0.15) is 0 Å². The van der Waals surface area contributed by atoms with Gasteiger partial charge in [-0.25, -0.2) is 0 Å². The van der Waals surface area contributed by atoms with Crippen LogP contribution in [0.1, 0.15) is 57.2 Å². The standard InChI is InChI=1S/C17H29N/c1-12(2)9-13(3)11-17(6,18)16-8-7-14(4)15(5)10-16/h7-8,10,12-13H,9,11,18H2,1-6H3. The molecule has 0 aliphatic heterocycles. The van der Waals surface area contributed by atoms with Gasteiger partial charge in [0.2, 0.25) is 0 Å². The minimum absolute atomic E-state index is 0.216.